The summed E-state index contributed by atoms with van der Waals surface area (Å²) < 4.78 is 2.71. The van der Waals surface area contributed by atoms with Crippen molar-refractivity contribution in [1.82, 2.24) is 19.4 Å². The first-order valence-corrected chi connectivity index (χ1v) is 14.5. The van der Waals surface area contributed by atoms with Crippen molar-refractivity contribution in [2.75, 3.05) is 30.7 Å². The summed E-state index contributed by atoms with van der Waals surface area (Å²) in [7, 11) is 0. The van der Waals surface area contributed by atoms with Gasteiger partial charge in [-0.05, 0) is 50.3 Å². The SMILES string of the molecule is CCN(CC)CCCn1c(SCC(=O)Nc2nc(-c3ccc(Br)cc3)cs2)nc2ccccc2c1=O. The normalized spacial score (nSPS) is 11.3. The molecule has 1 N–H and O–H groups in total. The quantitative estimate of drug-likeness (QED) is 0.178. The van der Waals surface area contributed by atoms with Gasteiger partial charge in [0.05, 0.1) is 22.3 Å². The summed E-state index contributed by atoms with van der Waals surface area (Å²) in [4.78, 5) is 37.6. The molecule has 2 heterocycles. The van der Waals surface area contributed by atoms with Crippen LogP contribution in [0.25, 0.3) is 22.2 Å². The van der Waals surface area contributed by atoms with E-state index in [-0.39, 0.29) is 17.2 Å². The van der Waals surface area contributed by atoms with Crippen LogP contribution >= 0.6 is 39.0 Å². The zero-order valence-corrected chi connectivity index (χ0v) is 23.5. The molecular weight excluding hydrogens is 558 g/mol. The maximum Gasteiger partial charge on any atom is 0.262 e. The first kappa shape index (κ1) is 26.5. The zero-order chi connectivity index (χ0) is 25.5. The maximum absolute atomic E-state index is 13.2. The second kappa shape index (κ2) is 12.6. The molecule has 7 nitrogen and oxygen atoms in total. The Balaban J connectivity index is 1.45. The molecule has 2 aromatic heterocycles. The number of anilines is 1. The lowest BCUT2D eigenvalue weighted by Gasteiger charge is -2.19. The van der Waals surface area contributed by atoms with Gasteiger partial charge < -0.3 is 10.2 Å². The standard InChI is InChI=1S/C26H28BrN5O2S2/c1-3-31(4-2)14-7-15-32-24(34)20-8-5-6-9-21(20)29-26(32)36-17-23(33)30-25-28-22(16-35-25)18-10-12-19(27)13-11-18/h5-6,8-13,16H,3-4,7,14-15,17H2,1-2H3,(H,28,30,33). The van der Waals surface area contributed by atoms with Gasteiger partial charge in [-0.25, -0.2) is 9.97 Å². The van der Waals surface area contributed by atoms with E-state index in [9.17, 15) is 9.59 Å². The number of carbonyl (C=O) groups is 1. The Labute approximate surface area is 227 Å². The van der Waals surface area contributed by atoms with Crippen molar-refractivity contribution in [3.05, 3.63) is 68.7 Å². The number of carbonyl (C=O) groups excluding carboxylic acids is 1. The highest BCUT2D eigenvalue weighted by Gasteiger charge is 2.15. The van der Waals surface area contributed by atoms with Crippen LogP contribution in [0.1, 0.15) is 20.3 Å². The van der Waals surface area contributed by atoms with Crippen molar-refractivity contribution >= 4 is 61.0 Å². The summed E-state index contributed by atoms with van der Waals surface area (Å²) in [5, 5.41) is 6.49. The van der Waals surface area contributed by atoms with Crippen molar-refractivity contribution in [2.24, 2.45) is 0 Å². The zero-order valence-electron chi connectivity index (χ0n) is 20.2. The van der Waals surface area contributed by atoms with Crippen molar-refractivity contribution in [3.8, 4) is 11.3 Å². The molecular formula is C26H28BrN5O2S2. The average Bonchev–Trinajstić information content (AvgIpc) is 3.35. The van der Waals surface area contributed by atoms with Crippen LogP contribution in [0.2, 0.25) is 0 Å². The molecule has 10 heteroatoms. The van der Waals surface area contributed by atoms with E-state index >= 15 is 0 Å². The number of fused-ring (bicyclic) bond motifs is 1. The van der Waals surface area contributed by atoms with E-state index in [2.05, 4.69) is 45.0 Å². The molecule has 0 atom stereocenters. The van der Waals surface area contributed by atoms with Crippen LogP contribution in [0.5, 0.6) is 0 Å². The molecule has 2 aromatic carbocycles. The van der Waals surface area contributed by atoms with Gasteiger partial charge in [0.15, 0.2) is 10.3 Å². The lowest BCUT2D eigenvalue weighted by Crippen LogP contribution is -2.28. The Morgan fingerprint density at radius 3 is 2.61 bits per heavy atom. The van der Waals surface area contributed by atoms with Gasteiger partial charge in [0, 0.05) is 22.0 Å². The molecule has 0 spiro atoms. The van der Waals surface area contributed by atoms with Crippen molar-refractivity contribution in [1.29, 1.82) is 0 Å². The molecule has 1 amide bonds. The van der Waals surface area contributed by atoms with Gasteiger partial charge in [0.25, 0.3) is 5.56 Å². The monoisotopic (exact) mass is 585 g/mol. The number of nitrogens with one attached hydrogen (secondary N) is 1. The highest BCUT2D eigenvalue weighted by atomic mass is 79.9. The first-order chi connectivity index (χ1) is 17.5. The molecule has 0 aliphatic rings. The lowest BCUT2D eigenvalue weighted by atomic mass is 10.2. The fourth-order valence-corrected chi connectivity index (χ4v) is 5.64. The Morgan fingerprint density at radius 2 is 1.86 bits per heavy atom. The number of thiazole rings is 1. The van der Waals surface area contributed by atoms with E-state index in [0.717, 1.165) is 41.8 Å². The minimum atomic E-state index is -0.186. The van der Waals surface area contributed by atoms with E-state index in [4.69, 9.17) is 4.98 Å². The fraction of sp³-hybridized carbons (Fsp3) is 0.308. The van der Waals surface area contributed by atoms with Gasteiger partial charge in [0.2, 0.25) is 5.91 Å². The second-order valence-electron chi connectivity index (χ2n) is 8.13. The number of rotatable bonds is 11. The largest absolute Gasteiger partial charge is 0.304 e. The maximum atomic E-state index is 13.2. The molecule has 4 aromatic rings. The summed E-state index contributed by atoms with van der Waals surface area (Å²) in [6.07, 6.45) is 0.833. The molecule has 4 rings (SSSR count). The Hall–Kier alpha value is -2.53. The smallest absolute Gasteiger partial charge is 0.262 e. The van der Waals surface area contributed by atoms with Gasteiger partial charge in [-0.1, -0.05) is 65.8 Å². The molecule has 188 valence electrons. The number of aromatic nitrogens is 3. The number of halogens is 1. The molecule has 0 saturated heterocycles. The van der Waals surface area contributed by atoms with Crippen LogP contribution in [0.3, 0.4) is 0 Å². The average molecular weight is 587 g/mol. The van der Waals surface area contributed by atoms with Crippen molar-refractivity contribution in [2.45, 2.75) is 32.0 Å². The summed E-state index contributed by atoms with van der Waals surface area (Å²) in [6, 6.07) is 15.2. The van der Waals surface area contributed by atoms with Crippen molar-refractivity contribution < 1.29 is 4.79 Å². The fourth-order valence-electron chi connectivity index (χ4n) is 3.82. The second-order valence-corrected chi connectivity index (χ2v) is 10.8. The number of nitrogens with zero attached hydrogens (tertiary/aromatic N) is 4. The molecule has 0 aliphatic heterocycles. The molecule has 36 heavy (non-hydrogen) atoms. The number of hydrogen-bond acceptors (Lipinski definition) is 7. The van der Waals surface area contributed by atoms with Gasteiger partial charge in [0.1, 0.15) is 0 Å². The van der Waals surface area contributed by atoms with E-state index < -0.39 is 0 Å². The Kier molecular flexibility index (Phi) is 9.30. The first-order valence-electron chi connectivity index (χ1n) is 11.8. The van der Waals surface area contributed by atoms with Gasteiger partial charge in [-0.2, -0.15) is 0 Å². The molecule has 0 radical (unpaired) electrons. The van der Waals surface area contributed by atoms with Crippen LogP contribution in [0, 0.1) is 0 Å². The number of amides is 1. The topological polar surface area (TPSA) is 80.1 Å². The third kappa shape index (κ3) is 6.61. The number of hydrogen-bond donors (Lipinski definition) is 1. The van der Waals surface area contributed by atoms with E-state index in [1.807, 2.05) is 47.8 Å². The van der Waals surface area contributed by atoms with Gasteiger partial charge in [-0.3, -0.25) is 14.2 Å². The number of para-hydroxylation sites is 1. The third-order valence-electron chi connectivity index (χ3n) is 5.80. The van der Waals surface area contributed by atoms with Crippen LogP contribution < -0.4 is 10.9 Å². The molecule has 0 bridgehead atoms. The number of benzene rings is 2. The van der Waals surface area contributed by atoms with Crippen LogP contribution in [0.4, 0.5) is 5.13 Å². The van der Waals surface area contributed by atoms with Gasteiger partial charge >= 0.3 is 0 Å². The third-order valence-corrected chi connectivity index (χ3v) is 8.06. The molecule has 0 unspecified atom stereocenters. The highest BCUT2D eigenvalue weighted by Crippen LogP contribution is 2.26. The lowest BCUT2D eigenvalue weighted by molar-refractivity contribution is -0.113. The van der Waals surface area contributed by atoms with Crippen LogP contribution in [-0.2, 0) is 11.3 Å². The molecule has 0 saturated carbocycles. The van der Waals surface area contributed by atoms with E-state index in [0.29, 0.717) is 27.7 Å². The molecule has 0 fully saturated rings. The minimum absolute atomic E-state index is 0.0675. The summed E-state index contributed by atoms with van der Waals surface area (Å²) in [6.45, 7) is 7.68. The highest BCUT2D eigenvalue weighted by molar-refractivity contribution is 9.10. The van der Waals surface area contributed by atoms with Crippen LogP contribution in [0.15, 0.2) is 68.3 Å². The Morgan fingerprint density at radius 1 is 1.11 bits per heavy atom. The van der Waals surface area contributed by atoms with E-state index in [1.54, 1.807) is 10.6 Å². The number of thioether (sulfide) groups is 1. The summed E-state index contributed by atoms with van der Waals surface area (Å²) in [5.41, 5.74) is 2.37. The predicted molar refractivity (Wildman–Crippen MR) is 153 cm³/mol. The van der Waals surface area contributed by atoms with E-state index in [1.165, 1.54) is 23.1 Å². The molecule has 0 aliphatic carbocycles. The van der Waals surface area contributed by atoms with Crippen molar-refractivity contribution in [3.63, 3.8) is 0 Å². The summed E-state index contributed by atoms with van der Waals surface area (Å²) >= 11 is 6.10. The van der Waals surface area contributed by atoms with Crippen LogP contribution in [-0.4, -0.2) is 50.7 Å². The van der Waals surface area contributed by atoms with Gasteiger partial charge in [-0.15, -0.1) is 11.3 Å². The minimum Gasteiger partial charge on any atom is -0.304 e. The summed E-state index contributed by atoms with van der Waals surface area (Å²) in [5.74, 6) is -0.0533. The predicted octanol–water partition coefficient (Wildman–Crippen LogP) is 5.75. The Bertz CT molecular complexity index is 1380.